The quantitative estimate of drug-likeness (QED) is 0.558. The minimum Gasteiger partial charge on any atom is -0.444 e. The van der Waals surface area contributed by atoms with Crippen LogP contribution in [0.25, 0.3) is 0 Å². The van der Waals surface area contributed by atoms with Crippen LogP contribution in [0.5, 0.6) is 0 Å². The van der Waals surface area contributed by atoms with E-state index < -0.39 is 7.82 Å². The third kappa shape index (κ3) is 5.79. The van der Waals surface area contributed by atoms with Crippen molar-refractivity contribution in [1.82, 2.24) is 14.9 Å². The number of phosphoric acid groups is 1. The summed E-state index contributed by atoms with van der Waals surface area (Å²) in [5, 5.41) is 0. The van der Waals surface area contributed by atoms with E-state index in [9.17, 15) is 4.79 Å². The second kappa shape index (κ2) is 8.29. The van der Waals surface area contributed by atoms with Crippen molar-refractivity contribution in [3.8, 4) is 0 Å². The number of fused-ring (bicyclic) bond motifs is 1. The highest BCUT2D eigenvalue weighted by molar-refractivity contribution is 7.45. The Morgan fingerprint density at radius 2 is 2.16 bits per heavy atom. The second-order valence-electron chi connectivity index (χ2n) is 6.28. The van der Waals surface area contributed by atoms with Crippen LogP contribution in [-0.2, 0) is 20.5 Å². The lowest BCUT2D eigenvalue weighted by molar-refractivity contribution is 0.0344. The van der Waals surface area contributed by atoms with Crippen LogP contribution in [-0.4, -0.2) is 61.5 Å². The Bertz CT molecular complexity index is 615. The molecule has 0 saturated carbocycles. The van der Waals surface area contributed by atoms with Crippen LogP contribution in [0.4, 0.5) is 4.79 Å². The summed E-state index contributed by atoms with van der Waals surface area (Å²) < 4.78 is 19.7. The average Bonchev–Trinajstić information content (AvgIpc) is 3.14. The Morgan fingerprint density at radius 1 is 1.48 bits per heavy atom. The molecule has 0 unspecified atom stereocenters. The lowest BCUT2D eigenvalue weighted by Gasteiger charge is -2.36. The van der Waals surface area contributed by atoms with Crippen molar-refractivity contribution in [3.63, 3.8) is 0 Å². The lowest BCUT2D eigenvalue weighted by Crippen LogP contribution is -2.43. The van der Waals surface area contributed by atoms with Crippen LogP contribution in [0.2, 0.25) is 0 Å². The van der Waals surface area contributed by atoms with Crippen molar-refractivity contribution in [2.24, 2.45) is 5.92 Å². The Balaban J connectivity index is 0.000000399. The van der Waals surface area contributed by atoms with E-state index in [1.165, 1.54) is 0 Å². The molecule has 1 aromatic heterocycles. The molecule has 1 aromatic rings. The molecule has 0 aliphatic carbocycles. The lowest BCUT2D eigenvalue weighted by atomic mass is 9.94. The van der Waals surface area contributed by atoms with Gasteiger partial charge >= 0.3 is 13.9 Å². The minimum absolute atomic E-state index is 0.0141. The summed E-state index contributed by atoms with van der Waals surface area (Å²) in [6, 6.07) is -0.0141. The van der Waals surface area contributed by atoms with Gasteiger partial charge in [-0.2, -0.15) is 0 Å². The molecule has 1 saturated heterocycles. The zero-order valence-corrected chi connectivity index (χ0v) is 15.1. The number of carbonyl (C=O) groups excluding carboxylic acids is 1. The number of imidazole rings is 1. The maximum atomic E-state index is 12.4. The van der Waals surface area contributed by atoms with Gasteiger partial charge in [0.05, 0.1) is 31.3 Å². The molecule has 2 atom stereocenters. The van der Waals surface area contributed by atoms with E-state index >= 15 is 0 Å². The zero-order chi connectivity index (χ0) is 18.6. The summed E-state index contributed by atoms with van der Waals surface area (Å²) in [6.45, 7) is 6.07. The molecule has 4 N–H and O–H groups in total. The van der Waals surface area contributed by atoms with Crippen LogP contribution >= 0.6 is 7.82 Å². The smallest absolute Gasteiger partial charge is 0.444 e. The van der Waals surface area contributed by atoms with Gasteiger partial charge in [-0.05, 0) is 5.92 Å². The number of amides is 1. The molecule has 2 aliphatic heterocycles. The van der Waals surface area contributed by atoms with Gasteiger partial charge in [0.15, 0.2) is 0 Å². The summed E-state index contributed by atoms with van der Waals surface area (Å²) in [4.78, 5) is 43.3. The average molecular weight is 377 g/mol. The normalized spacial score (nSPS) is 23.0. The monoisotopic (exact) mass is 377 g/mol. The van der Waals surface area contributed by atoms with Gasteiger partial charge in [-0.1, -0.05) is 13.8 Å². The second-order valence-corrected chi connectivity index (χ2v) is 7.31. The third-order valence-electron chi connectivity index (χ3n) is 3.99. The molecule has 0 spiro atoms. The number of aromatic amines is 1. The number of nitrogens with zero attached hydrogens (tertiary/aromatic N) is 2. The van der Waals surface area contributed by atoms with E-state index in [-0.39, 0.29) is 18.2 Å². The van der Waals surface area contributed by atoms with E-state index in [1.807, 2.05) is 4.90 Å². The first-order valence-electron chi connectivity index (χ1n) is 8.02. The Morgan fingerprint density at radius 3 is 2.72 bits per heavy atom. The predicted octanol–water partition coefficient (Wildman–Crippen LogP) is 0.962. The standard InChI is InChI=1S/C14H21N3O3.H3O4P/c1-9(2)13-12-11(15-8-16-12)3-5-17(13)14(18)20-10-4-6-19-7-10;1-5(2,3)4/h8-10,13H,3-7H2,1-2H3,(H,15,16);(H3,1,2,3,4)/t10-,13-;/m0./s1. The molecule has 10 nitrogen and oxygen atoms in total. The van der Waals surface area contributed by atoms with Crippen LogP contribution < -0.4 is 0 Å². The molecule has 1 fully saturated rings. The third-order valence-corrected chi connectivity index (χ3v) is 3.99. The van der Waals surface area contributed by atoms with Gasteiger partial charge in [0.25, 0.3) is 0 Å². The highest BCUT2D eigenvalue weighted by Crippen LogP contribution is 2.34. The first-order chi connectivity index (χ1) is 11.7. The van der Waals surface area contributed by atoms with Gasteiger partial charge in [-0.15, -0.1) is 0 Å². The van der Waals surface area contributed by atoms with Crippen LogP contribution in [0.3, 0.4) is 0 Å². The molecule has 1 amide bonds. The highest BCUT2D eigenvalue weighted by atomic mass is 31.2. The first kappa shape index (κ1) is 19.9. The number of carbonyl (C=O) groups is 1. The molecular formula is C14H24N3O7P. The fourth-order valence-corrected chi connectivity index (χ4v) is 3.00. The predicted molar refractivity (Wildman–Crippen MR) is 86.5 cm³/mol. The number of hydrogen-bond donors (Lipinski definition) is 4. The molecule has 3 rings (SSSR count). The van der Waals surface area contributed by atoms with Crippen molar-refractivity contribution in [1.29, 1.82) is 0 Å². The van der Waals surface area contributed by atoms with Gasteiger partial charge in [0.2, 0.25) is 0 Å². The van der Waals surface area contributed by atoms with Crippen molar-refractivity contribution < 1.29 is 33.5 Å². The van der Waals surface area contributed by atoms with Gasteiger partial charge in [-0.3, -0.25) is 4.90 Å². The molecule has 2 aliphatic rings. The number of aromatic nitrogens is 2. The SMILES string of the molecule is CC(C)[C@H]1c2nc[nH]c2CCN1C(=O)O[C@H]1CCOC1.O=P(O)(O)O. The van der Waals surface area contributed by atoms with E-state index in [1.54, 1.807) is 6.33 Å². The van der Waals surface area contributed by atoms with Gasteiger partial charge < -0.3 is 29.1 Å². The van der Waals surface area contributed by atoms with E-state index in [0.29, 0.717) is 25.7 Å². The summed E-state index contributed by atoms with van der Waals surface area (Å²) in [5.74, 6) is 0.296. The Labute approximate surface area is 145 Å². The summed E-state index contributed by atoms with van der Waals surface area (Å²) >= 11 is 0. The van der Waals surface area contributed by atoms with Crippen molar-refractivity contribution >= 4 is 13.9 Å². The molecule has 0 bridgehead atoms. The van der Waals surface area contributed by atoms with Crippen LogP contribution in [0, 0.1) is 5.92 Å². The molecular weight excluding hydrogens is 353 g/mol. The highest BCUT2D eigenvalue weighted by Gasteiger charge is 2.36. The molecule has 142 valence electrons. The Hall–Kier alpha value is -1.45. The zero-order valence-electron chi connectivity index (χ0n) is 14.2. The number of hydrogen-bond acceptors (Lipinski definition) is 5. The maximum Gasteiger partial charge on any atom is 0.466 e. The number of ether oxygens (including phenoxy) is 2. The summed E-state index contributed by atoms with van der Waals surface area (Å²) in [6.07, 6.45) is 2.96. The molecule has 0 aromatic carbocycles. The van der Waals surface area contributed by atoms with Gasteiger partial charge in [0.1, 0.15) is 6.10 Å². The fourth-order valence-electron chi connectivity index (χ4n) is 3.00. The van der Waals surface area contributed by atoms with Crippen LogP contribution in [0.1, 0.15) is 37.7 Å². The maximum absolute atomic E-state index is 12.4. The number of rotatable bonds is 2. The van der Waals surface area contributed by atoms with Crippen molar-refractivity contribution in [2.75, 3.05) is 19.8 Å². The molecule has 25 heavy (non-hydrogen) atoms. The topological polar surface area (TPSA) is 145 Å². The molecule has 0 radical (unpaired) electrons. The largest absolute Gasteiger partial charge is 0.466 e. The first-order valence-corrected chi connectivity index (χ1v) is 9.58. The summed E-state index contributed by atoms with van der Waals surface area (Å²) in [7, 11) is -4.64. The van der Waals surface area contributed by atoms with Gasteiger partial charge in [0, 0.05) is 25.1 Å². The minimum atomic E-state index is -4.64. The Kier molecular flexibility index (Phi) is 6.59. The molecule has 3 heterocycles. The molecule has 11 heteroatoms. The number of nitrogens with one attached hydrogen (secondary N) is 1. The van der Waals surface area contributed by atoms with E-state index in [0.717, 1.165) is 24.2 Å². The summed E-state index contributed by atoms with van der Waals surface area (Å²) in [5.41, 5.74) is 2.11. The van der Waals surface area contributed by atoms with Gasteiger partial charge in [-0.25, -0.2) is 14.3 Å². The number of H-pyrrole nitrogens is 1. The van der Waals surface area contributed by atoms with Crippen LogP contribution in [0.15, 0.2) is 6.33 Å². The van der Waals surface area contributed by atoms with Crippen molar-refractivity contribution in [3.05, 3.63) is 17.7 Å². The van der Waals surface area contributed by atoms with E-state index in [4.69, 9.17) is 28.7 Å². The van der Waals surface area contributed by atoms with E-state index in [2.05, 4.69) is 23.8 Å². The fraction of sp³-hybridized carbons (Fsp3) is 0.714. The van der Waals surface area contributed by atoms with Crippen molar-refractivity contribution in [2.45, 2.75) is 38.8 Å².